The molecule has 2 amide bonds. The standard InChI is InChI=1S/C26H27FN2O2S/c1-20(30)28-25(19-32-24-14-12-23(27)13-15-24)26(31)29(18-22-10-6-3-7-11-22)17-16-21-8-4-2-5-9-21/h2-15,25H,16-19H2,1H3,(H,28,30). The Morgan fingerprint density at radius 2 is 1.50 bits per heavy atom. The van der Waals surface area contributed by atoms with Gasteiger partial charge in [-0.25, -0.2) is 4.39 Å². The molecule has 3 rings (SSSR count). The Balaban J connectivity index is 1.75. The highest BCUT2D eigenvalue weighted by atomic mass is 32.2. The lowest BCUT2D eigenvalue weighted by Crippen LogP contribution is -2.49. The van der Waals surface area contributed by atoms with Gasteiger partial charge in [0.25, 0.3) is 0 Å². The van der Waals surface area contributed by atoms with Gasteiger partial charge < -0.3 is 10.2 Å². The third kappa shape index (κ3) is 7.54. The Kier molecular flexibility index (Phi) is 8.87. The van der Waals surface area contributed by atoms with E-state index in [1.54, 1.807) is 17.0 Å². The maximum atomic E-state index is 13.5. The summed E-state index contributed by atoms with van der Waals surface area (Å²) in [6.07, 6.45) is 0.720. The highest BCUT2D eigenvalue weighted by Gasteiger charge is 2.25. The summed E-state index contributed by atoms with van der Waals surface area (Å²) in [4.78, 5) is 28.0. The Labute approximate surface area is 192 Å². The first-order valence-corrected chi connectivity index (χ1v) is 11.5. The van der Waals surface area contributed by atoms with Crippen LogP contribution in [0.5, 0.6) is 0 Å². The fourth-order valence-corrected chi connectivity index (χ4v) is 4.24. The van der Waals surface area contributed by atoms with Crippen LogP contribution in [-0.2, 0) is 22.6 Å². The van der Waals surface area contributed by atoms with E-state index in [1.807, 2.05) is 60.7 Å². The Morgan fingerprint density at radius 1 is 0.906 bits per heavy atom. The van der Waals surface area contributed by atoms with Gasteiger partial charge in [0.2, 0.25) is 11.8 Å². The summed E-state index contributed by atoms with van der Waals surface area (Å²) in [5.41, 5.74) is 2.18. The number of thioether (sulfide) groups is 1. The van der Waals surface area contributed by atoms with Crippen molar-refractivity contribution in [2.24, 2.45) is 0 Å². The second-order valence-corrected chi connectivity index (χ2v) is 8.59. The van der Waals surface area contributed by atoms with Gasteiger partial charge in [0.05, 0.1) is 0 Å². The maximum Gasteiger partial charge on any atom is 0.246 e. The second kappa shape index (κ2) is 12.1. The fraction of sp³-hybridized carbons (Fsp3) is 0.231. The molecule has 0 bridgehead atoms. The summed E-state index contributed by atoms with van der Waals surface area (Å²) in [7, 11) is 0. The predicted molar refractivity (Wildman–Crippen MR) is 127 cm³/mol. The first kappa shape index (κ1) is 23.5. The van der Waals surface area contributed by atoms with Crippen molar-refractivity contribution >= 4 is 23.6 Å². The van der Waals surface area contributed by atoms with Gasteiger partial charge in [-0.3, -0.25) is 9.59 Å². The lowest BCUT2D eigenvalue weighted by molar-refractivity contribution is -0.136. The lowest BCUT2D eigenvalue weighted by Gasteiger charge is -2.28. The Morgan fingerprint density at radius 3 is 2.09 bits per heavy atom. The van der Waals surface area contributed by atoms with Gasteiger partial charge in [-0.2, -0.15) is 0 Å². The summed E-state index contributed by atoms with van der Waals surface area (Å²) in [6.45, 7) is 2.41. The number of carbonyl (C=O) groups is 2. The molecular formula is C26H27FN2O2S. The van der Waals surface area contributed by atoms with Gasteiger partial charge in [-0.05, 0) is 41.8 Å². The largest absolute Gasteiger partial charge is 0.344 e. The Bertz CT molecular complexity index is 997. The predicted octanol–water partition coefficient (Wildman–Crippen LogP) is 4.69. The fourth-order valence-electron chi connectivity index (χ4n) is 3.33. The molecule has 3 aromatic rings. The molecule has 0 aliphatic carbocycles. The van der Waals surface area contributed by atoms with Crippen LogP contribution in [0, 0.1) is 5.82 Å². The minimum atomic E-state index is -0.679. The molecule has 0 saturated heterocycles. The first-order valence-electron chi connectivity index (χ1n) is 10.5. The van der Waals surface area contributed by atoms with Gasteiger partial charge in [0.1, 0.15) is 11.9 Å². The quantitative estimate of drug-likeness (QED) is 0.456. The molecular weight excluding hydrogens is 423 g/mol. The first-order chi connectivity index (χ1) is 15.5. The van der Waals surface area contributed by atoms with Crippen molar-refractivity contribution in [3.05, 3.63) is 102 Å². The molecule has 1 N–H and O–H groups in total. The third-order valence-corrected chi connectivity index (χ3v) is 6.05. The van der Waals surface area contributed by atoms with Gasteiger partial charge >= 0.3 is 0 Å². The van der Waals surface area contributed by atoms with Crippen molar-refractivity contribution in [1.29, 1.82) is 0 Å². The molecule has 0 spiro atoms. The summed E-state index contributed by atoms with van der Waals surface area (Å²) < 4.78 is 13.2. The van der Waals surface area contributed by atoms with Crippen LogP contribution in [0.1, 0.15) is 18.1 Å². The number of hydrogen-bond donors (Lipinski definition) is 1. The van der Waals surface area contributed by atoms with Crippen molar-refractivity contribution < 1.29 is 14.0 Å². The highest BCUT2D eigenvalue weighted by Crippen LogP contribution is 2.20. The van der Waals surface area contributed by atoms with E-state index in [1.165, 1.54) is 30.8 Å². The molecule has 4 nitrogen and oxygen atoms in total. The van der Waals surface area contributed by atoms with Crippen molar-refractivity contribution in [2.45, 2.75) is 30.8 Å². The lowest BCUT2D eigenvalue weighted by atomic mass is 10.1. The Hall–Kier alpha value is -3.12. The van der Waals surface area contributed by atoms with Crippen molar-refractivity contribution in [3.63, 3.8) is 0 Å². The van der Waals surface area contributed by atoms with Crippen LogP contribution in [0.25, 0.3) is 0 Å². The van der Waals surface area contributed by atoms with Crippen LogP contribution in [-0.4, -0.2) is 35.1 Å². The van der Waals surface area contributed by atoms with Crippen LogP contribution in [0.3, 0.4) is 0 Å². The van der Waals surface area contributed by atoms with E-state index >= 15 is 0 Å². The summed E-state index contributed by atoms with van der Waals surface area (Å²) in [5.74, 6) is -0.333. The van der Waals surface area contributed by atoms with Crippen LogP contribution >= 0.6 is 11.8 Å². The molecule has 32 heavy (non-hydrogen) atoms. The highest BCUT2D eigenvalue weighted by molar-refractivity contribution is 7.99. The number of benzene rings is 3. The van der Waals surface area contributed by atoms with Crippen LogP contribution < -0.4 is 5.32 Å². The SMILES string of the molecule is CC(=O)NC(CSc1ccc(F)cc1)C(=O)N(CCc1ccccc1)Cc1ccccc1. The normalized spacial score (nSPS) is 11.6. The number of hydrogen-bond acceptors (Lipinski definition) is 3. The molecule has 1 atom stereocenters. The van der Waals surface area contributed by atoms with E-state index in [2.05, 4.69) is 5.32 Å². The summed E-state index contributed by atoms with van der Waals surface area (Å²) >= 11 is 1.42. The van der Waals surface area contributed by atoms with Crippen LogP contribution in [0.2, 0.25) is 0 Å². The third-order valence-electron chi connectivity index (χ3n) is 4.95. The van der Waals surface area contributed by atoms with E-state index in [-0.39, 0.29) is 17.6 Å². The van der Waals surface area contributed by atoms with Gasteiger partial charge in [0, 0.05) is 30.7 Å². The van der Waals surface area contributed by atoms with Crippen LogP contribution in [0.15, 0.2) is 89.8 Å². The van der Waals surface area contributed by atoms with Crippen LogP contribution in [0.4, 0.5) is 4.39 Å². The molecule has 6 heteroatoms. The molecule has 0 aromatic heterocycles. The van der Waals surface area contributed by atoms with Crippen molar-refractivity contribution in [2.75, 3.05) is 12.3 Å². The number of nitrogens with one attached hydrogen (secondary N) is 1. The zero-order valence-corrected chi connectivity index (χ0v) is 18.9. The van der Waals surface area contributed by atoms with Crippen molar-refractivity contribution in [1.82, 2.24) is 10.2 Å². The molecule has 0 saturated carbocycles. The average molecular weight is 451 g/mol. The number of nitrogens with zero attached hydrogens (tertiary/aromatic N) is 1. The van der Waals surface area contributed by atoms with E-state index < -0.39 is 6.04 Å². The van der Waals surface area contributed by atoms with Gasteiger partial charge in [-0.15, -0.1) is 11.8 Å². The molecule has 166 valence electrons. The van der Waals surface area contributed by atoms with Gasteiger partial charge in [-0.1, -0.05) is 60.7 Å². The van der Waals surface area contributed by atoms with E-state index in [0.717, 1.165) is 22.4 Å². The monoisotopic (exact) mass is 450 g/mol. The number of amides is 2. The van der Waals surface area contributed by atoms with Gasteiger partial charge in [0.15, 0.2) is 0 Å². The van der Waals surface area contributed by atoms with Crippen molar-refractivity contribution in [3.8, 4) is 0 Å². The molecule has 0 aliphatic rings. The summed E-state index contributed by atoms with van der Waals surface area (Å²) in [5, 5.41) is 2.80. The van der Waals surface area contributed by atoms with E-state index in [0.29, 0.717) is 18.8 Å². The molecule has 3 aromatic carbocycles. The number of carbonyl (C=O) groups excluding carboxylic acids is 2. The maximum absolute atomic E-state index is 13.5. The average Bonchev–Trinajstić information content (AvgIpc) is 2.81. The van der Waals surface area contributed by atoms with E-state index in [4.69, 9.17) is 0 Å². The number of halogens is 1. The minimum absolute atomic E-state index is 0.130. The zero-order chi connectivity index (χ0) is 22.8. The summed E-state index contributed by atoms with van der Waals surface area (Å²) in [6, 6.07) is 25.3. The number of rotatable bonds is 10. The second-order valence-electron chi connectivity index (χ2n) is 7.50. The molecule has 0 heterocycles. The smallest absolute Gasteiger partial charge is 0.246 e. The molecule has 0 fully saturated rings. The minimum Gasteiger partial charge on any atom is -0.344 e. The van der Waals surface area contributed by atoms with E-state index in [9.17, 15) is 14.0 Å². The molecule has 0 aliphatic heterocycles. The molecule has 1 unspecified atom stereocenters. The molecule has 0 radical (unpaired) electrons. The topological polar surface area (TPSA) is 49.4 Å². The zero-order valence-electron chi connectivity index (χ0n) is 18.0.